The van der Waals surface area contributed by atoms with E-state index in [0.29, 0.717) is 35.8 Å². The first-order valence-corrected chi connectivity index (χ1v) is 11.7. The lowest BCUT2D eigenvalue weighted by atomic mass is 9.95. The molecule has 3 aromatic rings. The Bertz CT molecular complexity index is 1200. The minimum atomic E-state index is -0.811. The van der Waals surface area contributed by atoms with Crippen molar-refractivity contribution in [1.82, 2.24) is 4.90 Å². The first-order chi connectivity index (χ1) is 17.0. The smallest absolute Gasteiger partial charge is 0.295 e. The Morgan fingerprint density at radius 2 is 1.66 bits per heavy atom. The van der Waals surface area contributed by atoms with E-state index in [4.69, 9.17) is 9.47 Å². The molecule has 35 heavy (non-hydrogen) atoms. The van der Waals surface area contributed by atoms with Gasteiger partial charge in [-0.2, -0.15) is 0 Å². The molecule has 1 unspecified atom stereocenters. The maximum atomic E-state index is 13.6. The largest absolute Gasteiger partial charge is 0.872 e. The molecule has 180 valence electrons. The highest BCUT2D eigenvalue weighted by Gasteiger charge is 2.44. The second-order valence-electron chi connectivity index (χ2n) is 8.19. The molecule has 0 aliphatic carbocycles. The van der Waals surface area contributed by atoms with E-state index in [2.05, 4.69) is 4.98 Å². The van der Waals surface area contributed by atoms with Gasteiger partial charge in [0.05, 0.1) is 25.8 Å². The molecule has 1 aliphatic rings. The minimum Gasteiger partial charge on any atom is -0.872 e. The number of hydrogen-bond donors (Lipinski definition) is 0. The second kappa shape index (κ2) is 10.9. The number of carbonyl (C=O) groups excluding carboxylic acids is 2. The number of pyridine rings is 1. The van der Waals surface area contributed by atoms with Crippen LogP contribution in [0.1, 0.15) is 43.0 Å². The van der Waals surface area contributed by atoms with Crippen LogP contribution in [0.15, 0.2) is 78.6 Å². The van der Waals surface area contributed by atoms with E-state index in [1.807, 2.05) is 26.0 Å². The normalized spacial score (nSPS) is 17.0. The molecular weight excluding hydrogens is 444 g/mol. The molecule has 1 fully saturated rings. The third-order valence-electron chi connectivity index (χ3n) is 5.75. The van der Waals surface area contributed by atoms with E-state index in [0.717, 1.165) is 12.0 Å². The molecule has 7 heteroatoms. The van der Waals surface area contributed by atoms with Gasteiger partial charge in [0.25, 0.3) is 5.91 Å². The number of Topliss-reactive ketones (excluding diaryl/α,β-unsaturated/α-hetero) is 1. The molecule has 0 radical (unpaired) electrons. The van der Waals surface area contributed by atoms with E-state index in [-0.39, 0.29) is 12.1 Å². The standard InChI is InChI=1S/C28H28N2O5/c1-3-16-35-23-11-7-20(8-12-23)25-24(26(31)21-9-13-22(14-10-21)34-4-2)27(32)28(33)30(25)18-19-6-5-15-29-17-19/h5-15,17,25,31H,3-4,16,18H2,1-2H3. The van der Waals surface area contributed by atoms with Crippen LogP contribution in [0.25, 0.3) is 5.76 Å². The number of H-pyrrole nitrogens is 1. The van der Waals surface area contributed by atoms with Crippen LogP contribution < -0.4 is 19.6 Å². The fraction of sp³-hybridized carbons (Fsp3) is 0.250. The number of amides is 1. The van der Waals surface area contributed by atoms with E-state index in [1.54, 1.807) is 60.9 Å². The van der Waals surface area contributed by atoms with E-state index in [1.165, 1.54) is 4.90 Å². The number of rotatable bonds is 9. The van der Waals surface area contributed by atoms with Crippen LogP contribution in [0.4, 0.5) is 0 Å². The Labute approximate surface area is 204 Å². The lowest BCUT2D eigenvalue weighted by Gasteiger charge is -2.27. The summed E-state index contributed by atoms with van der Waals surface area (Å²) in [4.78, 5) is 30.8. The average Bonchev–Trinajstić information content (AvgIpc) is 3.13. The highest BCUT2D eigenvalue weighted by molar-refractivity contribution is 6.46. The molecular formula is C28H28N2O5. The fourth-order valence-corrected chi connectivity index (χ4v) is 4.10. The molecule has 1 atom stereocenters. The van der Waals surface area contributed by atoms with Crippen molar-refractivity contribution < 1.29 is 29.2 Å². The number of ketones is 1. The van der Waals surface area contributed by atoms with Gasteiger partial charge in [0, 0.05) is 17.2 Å². The third-order valence-corrected chi connectivity index (χ3v) is 5.75. The quantitative estimate of drug-likeness (QED) is 0.271. The van der Waals surface area contributed by atoms with Gasteiger partial charge in [-0.05, 0) is 54.8 Å². The summed E-state index contributed by atoms with van der Waals surface area (Å²) in [7, 11) is 0. The first-order valence-electron chi connectivity index (χ1n) is 11.7. The summed E-state index contributed by atoms with van der Waals surface area (Å²) in [5.41, 5.74) is 1.76. The molecule has 1 saturated heterocycles. The van der Waals surface area contributed by atoms with Crippen molar-refractivity contribution in [3.8, 4) is 11.5 Å². The molecule has 1 amide bonds. The maximum Gasteiger partial charge on any atom is 0.295 e. The minimum absolute atomic E-state index is 0.0544. The van der Waals surface area contributed by atoms with Gasteiger partial charge in [-0.15, -0.1) is 0 Å². The van der Waals surface area contributed by atoms with Crippen molar-refractivity contribution in [3.63, 3.8) is 0 Å². The highest BCUT2D eigenvalue weighted by Crippen LogP contribution is 2.40. The summed E-state index contributed by atoms with van der Waals surface area (Å²) < 4.78 is 11.1. The summed E-state index contributed by atoms with van der Waals surface area (Å²) in [6.45, 7) is 5.17. The van der Waals surface area contributed by atoms with Crippen LogP contribution in [0.3, 0.4) is 0 Å². The van der Waals surface area contributed by atoms with Crippen molar-refractivity contribution in [3.05, 3.63) is 95.3 Å². The number of nitrogens with zero attached hydrogens (tertiary/aromatic N) is 1. The highest BCUT2D eigenvalue weighted by atomic mass is 16.5. The Balaban J connectivity index is 1.77. The summed E-state index contributed by atoms with van der Waals surface area (Å²) >= 11 is 0. The van der Waals surface area contributed by atoms with Gasteiger partial charge in [-0.25, -0.2) is 4.98 Å². The van der Waals surface area contributed by atoms with E-state index >= 15 is 0 Å². The Morgan fingerprint density at radius 3 is 2.29 bits per heavy atom. The van der Waals surface area contributed by atoms with Gasteiger partial charge in [0.1, 0.15) is 11.5 Å². The first kappa shape index (κ1) is 24.0. The van der Waals surface area contributed by atoms with Crippen molar-refractivity contribution in [2.75, 3.05) is 13.2 Å². The lowest BCUT2D eigenvalue weighted by Crippen LogP contribution is -2.29. The van der Waals surface area contributed by atoms with Gasteiger partial charge < -0.3 is 19.5 Å². The van der Waals surface area contributed by atoms with Crippen LogP contribution in [-0.2, 0) is 16.1 Å². The molecule has 1 N–H and O–H groups in total. The van der Waals surface area contributed by atoms with Crippen molar-refractivity contribution >= 4 is 17.4 Å². The van der Waals surface area contributed by atoms with E-state index in [9.17, 15) is 14.7 Å². The van der Waals surface area contributed by atoms with Crippen molar-refractivity contribution in [2.45, 2.75) is 32.9 Å². The SMILES string of the molecule is CCCOc1ccc(C2C(=C([O-])c3ccc(OCC)cc3)C(=O)C(=O)N2Cc2ccc[nH+]c2)cc1. The van der Waals surface area contributed by atoms with Crippen molar-refractivity contribution in [2.24, 2.45) is 0 Å². The average molecular weight is 473 g/mol. The van der Waals surface area contributed by atoms with E-state index < -0.39 is 23.5 Å². The molecule has 0 spiro atoms. The van der Waals surface area contributed by atoms with Gasteiger partial charge in [-0.3, -0.25) is 9.59 Å². The van der Waals surface area contributed by atoms with Gasteiger partial charge in [-0.1, -0.05) is 36.9 Å². The zero-order valence-electron chi connectivity index (χ0n) is 19.8. The summed E-state index contributed by atoms with van der Waals surface area (Å²) in [6, 6.07) is 16.7. The Kier molecular flexibility index (Phi) is 7.45. The summed E-state index contributed by atoms with van der Waals surface area (Å²) in [5, 5.41) is 13.6. The molecule has 0 bridgehead atoms. The summed E-state index contributed by atoms with van der Waals surface area (Å²) in [5.74, 6) is -0.622. The Morgan fingerprint density at radius 1 is 0.971 bits per heavy atom. The predicted molar refractivity (Wildman–Crippen MR) is 128 cm³/mol. The Hall–Kier alpha value is -4.13. The van der Waals surface area contributed by atoms with Crippen LogP contribution >= 0.6 is 0 Å². The number of hydrogen-bond acceptors (Lipinski definition) is 5. The van der Waals surface area contributed by atoms with Gasteiger partial charge >= 0.3 is 0 Å². The number of benzene rings is 2. The number of aromatic nitrogens is 1. The molecule has 2 aromatic carbocycles. The summed E-state index contributed by atoms with van der Waals surface area (Å²) in [6.07, 6.45) is 4.41. The number of ether oxygens (including phenoxy) is 2. The van der Waals surface area contributed by atoms with Gasteiger partial charge in [0.2, 0.25) is 5.78 Å². The maximum absolute atomic E-state index is 13.6. The van der Waals surface area contributed by atoms with Crippen LogP contribution in [0.2, 0.25) is 0 Å². The van der Waals surface area contributed by atoms with Crippen LogP contribution in [0, 0.1) is 0 Å². The fourth-order valence-electron chi connectivity index (χ4n) is 4.10. The number of aromatic amines is 1. The predicted octanol–water partition coefficient (Wildman–Crippen LogP) is 3.11. The second-order valence-corrected chi connectivity index (χ2v) is 8.19. The molecule has 1 aliphatic heterocycles. The third kappa shape index (κ3) is 5.19. The number of likely N-dealkylation sites (tertiary alicyclic amines) is 1. The topological polar surface area (TPSA) is 93.0 Å². The zero-order valence-corrected chi connectivity index (χ0v) is 19.8. The van der Waals surface area contributed by atoms with Crippen molar-refractivity contribution in [1.29, 1.82) is 0 Å². The lowest BCUT2D eigenvalue weighted by molar-refractivity contribution is -0.378. The number of nitrogens with one attached hydrogen (secondary N) is 1. The van der Waals surface area contributed by atoms with Crippen LogP contribution in [-0.4, -0.2) is 29.8 Å². The molecule has 4 rings (SSSR count). The molecule has 1 aromatic heterocycles. The van der Waals surface area contributed by atoms with Crippen LogP contribution in [0.5, 0.6) is 11.5 Å². The number of carbonyl (C=O) groups is 2. The molecule has 2 heterocycles. The molecule has 0 saturated carbocycles. The monoisotopic (exact) mass is 472 g/mol. The van der Waals surface area contributed by atoms with Gasteiger partial charge in [0.15, 0.2) is 12.4 Å². The molecule has 7 nitrogen and oxygen atoms in total. The zero-order chi connectivity index (χ0) is 24.8.